The molecule has 1 aromatic carbocycles. The number of amidine groups is 1. The summed E-state index contributed by atoms with van der Waals surface area (Å²) in [5.41, 5.74) is -0.412. The molecule has 2 aromatic rings. The summed E-state index contributed by atoms with van der Waals surface area (Å²) in [6.07, 6.45) is -4.39. The van der Waals surface area contributed by atoms with Gasteiger partial charge in [-0.05, 0) is 67.6 Å². The van der Waals surface area contributed by atoms with E-state index in [0.29, 0.717) is 34.8 Å². The lowest BCUT2D eigenvalue weighted by Crippen LogP contribution is -2.66. The van der Waals surface area contributed by atoms with Gasteiger partial charge in [-0.2, -0.15) is 13.2 Å². The number of halogens is 7. The molecule has 0 radical (unpaired) electrons. The number of aliphatic imine (C=N–C) groups is 1. The number of rotatable bonds is 6. The van der Waals surface area contributed by atoms with E-state index in [-0.39, 0.29) is 53.5 Å². The van der Waals surface area contributed by atoms with Gasteiger partial charge in [-0.1, -0.05) is 56.1 Å². The van der Waals surface area contributed by atoms with Gasteiger partial charge in [0.25, 0.3) is 5.91 Å². The number of thioether (sulfide) groups is 1. The van der Waals surface area contributed by atoms with Crippen molar-refractivity contribution < 1.29 is 36.3 Å². The fourth-order valence-electron chi connectivity index (χ4n) is 8.22. The van der Waals surface area contributed by atoms with E-state index in [0.717, 1.165) is 16.7 Å². The Labute approximate surface area is 317 Å². The molecule has 5 heterocycles. The monoisotopic (exact) mass is 798 g/mol. The number of alkyl halides is 4. The minimum atomic E-state index is -5.06. The first-order chi connectivity index (χ1) is 24.9. The van der Waals surface area contributed by atoms with Crippen molar-refractivity contribution in [2.45, 2.75) is 94.9 Å². The fourth-order valence-corrected chi connectivity index (χ4v) is 9.81. The third-order valence-corrected chi connectivity index (χ3v) is 12.6. The molecule has 2 saturated heterocycles. The van der Waals surface area contributed by atoms with Crippen LogP contribution in [0.15, 0.2) is 52.1 Å². The van der Waals surface area contributed by atoms with Crippen LogP contribution in [0.5, 0.6) is 0 Å². The Hall–Kier alpha value is -3.43. The van der Waals surface area contributed by atoms with Gasteiger partial charge >= 0.3 is 12.1 Å². The van der Waals surface area contributed by atoms with Gasteiger partial charge in [0.15, 0.2) is 5.17 Å². The zero-order valence-corrected chi connectivity index (χ0v) is 31.6. The number of nitrogens with zero attached hydrogens (tertiary/aromatic N) is 6. The number of amides is 3. The Morgan fingerprint density at radius 3 is 2.38 bits per heavy atom. The molecule has 53 heavy (non-hydrogen) atoms. The van der Waals surface area contributed by atoms with Gasteiger partial charge in [0.2, 0.25) is 5.91 Å². The van der Waals surface area contributed by atoms with Crippen molar-refractivity contribution in [1.82, 2.24) is 24.6 Å². The van der Waals surface area contributed by atoms with Crippen LogP contribution in [0.25, 0.3) is 0 Å². The van der Waals surface area contributed by atoms with E-state index in [2.05, 4.69) is 4.98 Å². The van der Waals surface area contributed by atoms with Crippen LogP contribution < -0.4 is 0 Å². The van der Waals surface area contributed by atoms with E-state index in [9.17, 15) is 27.6 Å². The molecule has 4 aliphatic heterocycles. The van der Waals surface area contributed by atoms with Gasteiger partial charge < -0.3 is 19.6 Å². The highest BCUT2D eigenvalue weighted by atomic mass is 35.5. The van der Waals surface area contributed by atoms with Gasteiger partial charge in [0.1, 0.15) is 33.6 Å². The molecular weight excluding hydrogens is 762 g/mol. The molecule has 284 valence electrons. The highest BCUT2D eigenvalue weighted by molar-refractivity contribution is 8.18. The zero-order chi connectivity index (χ0) is 38.4. The maximum absolute atomic E-state index is 15.3. The van der Waals surface area contributed by atoms with E-state index in [4.69, 9.17) is 28.2 Å². The third-order valence-electron chi connectivity index (χ3n) is 11.1. The Bertz CT molecular complexity index is 1930. The predicted octanol–water partition coefficient (Wildman–Crippen LogP) is 7.25. The number of piperazine rings is 1. The van der Waals surface area contributed by atoms with Crippen LogP contribution in [0, 0.1) is 11.7 Å². The Morgan fingerprint density at radius 2 is 1.79 bits per heavy atom. The fraction of sp³-hybridized carbons (Fsp3) is 0.528. The molecular formula is C36H37Cl2F5N6O3S. The van der Waals surface area contributed by atoms with Crippen LogP contribution >= 0.6 is 35.0 Å². The van der Waals surface area contributed by atoms with Crippen LogP contribution in [0.2, 0.25) is 10.2 Å². The highest BCUT2D eigenvalue weighted by Gasteiger charge is 2.61. The lowest BCUT2D eigenvalue weighted by Gasteiger charge is -2.48. The van der Waals surface area contributed by atoms with E-state index < -0.39 is 65.1 Å². The molecule has 3 amide bonds. The molecule has 7 rings (SSSR count). The van der Waals surface area contributed by atoms with Crippen molar-refractivity contribution in [3.05, 3.63) is 74.3 Å². The third kappa shape index (κ3) is 6.37. The normalized spacial score (nSPS) is 28.0. The zero-order valence-electron chi connectivity index (χ0n) is 29.3. The average Bonchev–Trinajstić information content (AvgIpc) is 3.45. The topological polar surface area (TPSA) is 89.4 Å². The first-order valence-corrected chi connectivity index (χ1v) is 19.0. The Morgan fingerprint density at radius 1 is 1.08 bits per heavy atom. The van der Waals surface area contributed by atoms with Gasteiger partial charge in [-0.15, -0.1) is 0 Å². The standard InChI is InChI=1S/C36H37Cl2F5N6O3S/c1-5-22-16-48(32(52)36(41,42)43)35(10-11-35)17-47(22)30(50)25-13-21(39)15-46(25)31(51)28-27(18(2)3)49-29(19-6-8-23(37)24(40)12-19)34(4,45-33(49)53-28)20-7-9-26(38)44-14-20/h6-9,12,14,18,21-22,25,29H,5,10-11,13,15-17H2,1-4H3/t21-,22-,25-,29-,34+/m1/s1. The highest BCUT2D eigenvalue weighted by Crippen LogP contribution is 2.57. The molecule has 0 N–H and O–H groups in total. The molecule has 17 heteroatoms. The summed E-state index contributed by atoms with van der Waals surface area (Å²) in [6.45, 7) is 6.58. The summed E-state index contributed by atoms with van der Waals surface area (Å²) < 4.78 is 71.0. The summed E-state index contributed by atoms with van der Waals surface area (Å²) in [4.78, 5) is 56.4. The number of carbonyl (C=O) groups excluding carboxylic acids is 3. The second-order valence-corrected chi connectivity index (χ2v) is 16.6. The summed E-state index contributed by atoms with van der Waals surface area (Å²) in [7, 11) is 0. The molecule has 1 aliphatic carbocycles. The molecule has 0 bridgehead atoms. The minimum Gasteiger partial charge on any atom is -0.334 e. The number of pyridine rings is 1. The number of hydrogen-bond donors (Lipinski definition) is 0. The lowest BCUT2D eigenvalue weighted by molar-refractivity contribution is -0.193. The SMILES string of the molecule is CC[C@@H]1CN(C(=O)C(F)(F)F)C2(CC2)CN1C(=O)[C@H]1C[C@@H](F)CN1C(=O)C1=C(C(C)C)N2C(=N[C@@](C)(c3ccc(Cl)nc3)[C@H]2c2ccc(Cl)c(F)c2)S1. The Balaban J connectivity index is 1.23. The van der Waals surface area contributed by atoms with Crippen molar-refractivity contribution in [2.24, 2.45) is 10.9 Å². The number of allylic oxidation sites excluding steroid dienone is 1. The van der Waals surface area contributed by atoms with Crippen molar-refractivity contribution in [2.75, 3.05) is 19.6 Å². The van der Waals surface area contributed by atoms with Crippen molar-refractivity contribution in [3.63, 3.8) is 0 Å². The second-order valence-electron chi connectivity index (χ2n) is 14.8. The van der Waals surface area contributed by atoms with Gasteiger partial charge in [0.05, 0.1) is 23.1 Å². The van der Waals surface area contributed by atoms with Gasteiger partial charge in [-0.25, -0.2) is 18.8 Å². The van der Waals surface area contributed by atoms with Crippen molar-refractivity contribution >= 4 is 57.9 Å². The van der Waals surface area contributed by atoms with Crippen LogP contribution in [0.4, 0.5) is 22.0 Å². The quantitative estimate of drug-likeness (QED) is 0.226. The average molecular weight is 800 g/mol. The van der Waals surface area contributed by atoms with Gasteiger partial charge in [0, 0.05) is 43.0 Å². The number of aromatic nitrogens is 1. The first-order valence-electron chi connectivity index (χ1n) is 17.4. The van der Waals surface area contributed by atoms with E-state index in [1.54, 1.807) is 31.3 Å². The largest absolute Gasteiger partial charge is 0.471 e. The van der Waals surface area contributed by atoms with Crippen molar-refractivity contribution in [1.29, 1.82) is 0 Å². The lowest BCUT2D eigenvalue weighted by atomic mass is 9.81. The second kappa shape index (κ2) is 13.4. The maximum atomic E-state index is 15.3. The van der Waals surface area contributed by atoms with E-state index in [1.807, 2.05) is 25.7 Å². The molecule has 1 aromatic heterocycles. The number of fused-ring (bicyclic) bond motifs is 1. The smallest absolute Gasteiger partial charge is 0.334 e. The number of carbonyl (C=O) groups is 3. The molecule has 5 atom stereocenters. The molecule has 3 fully saturated rings. The van der Waals surface area contributed by atoms with E-state index >= 15 is 8.78 Å². The molecule has 5 aliphatic rings. The first kappa shape index (κ1) is 37.9. The van der Waals surface area contributed by atoms with Gasteiger partial charge in [-0.3, -0.25) is 14.4 Å². The molecule has 0 unspecified atom stereocenters. The predicted molar refractivity (Wildman–Crippen MR) is 190 cm³/mol. The minimum absolute atomic E-state index is 0.0640. The van der Waals surface area contributed by atoms with Crippen LogP contribution in [0.1, 0.15) is 70.5 Å². The molecule has 1 spiro atoms. The molecule has 1 saturated carbocycles. The number of benzene rings is 1. The maximum Gasteiger partial charge on any atom is 0.471 e. The number of hydrogen-bond acceptors (Lipinski definition) is 7. The summed E-state index contributed by atoms with van der Waals surface area (Å²) in [6, 6.07) is 5.26. The van der Waals surface area contributed by atoms with Crippen molar-refractivity contribution in [3.8, 4) is 0 Å². The van der Waals surface area contributed by atoms with E-state index in [1.165, 1.54) is 21.9 Å². The molecule has 9 nitrogen and oxygen atoms in total. The summed E-state index contributed by atoms with van der Waals surface area (Å²) in [5, 5.41) is 0.657. The Kier molecular flexibility index (Phi) is 9.57. The summed E-state index contributed by atoms with van der Waals surface area (Å²) >= 11 is 13.3. The van der Waals surface area contributed by atoms with Crippen LogP contribution in [-0.2, 0) is 19.9 Å². The summed E-state index contributed by atoms with van der Waals surface area (Å²) in [5.74, 6) is -4.00. The number of likely N-dealkylation sites (tertiary alicyclic amines) is 1. The van der Waals surface area contributed by atoms with Crippen LogP contribution in [0.3, 0.4) is 0 Å². The van der Waals surface area contributed by atoms with Crippen LogP contribution in [-0.4, -0.2) is 97.1 Å².